The summed E-state index contributed by atoms with van der Waals surface area (Å²) in [5, 5.41) is 1.47. The largest absolute Gasteiger partial charge is 0.439 e. The molecule has 5 aromatic rings. The zero-order valence-corrected chi connectivity index (χ0v) is 22.3. The van der Waals surface area contributed by atoms with Crippen LogP contribution in [0, 0.1) is 0 Å². The topological polar surface area (TPSA) is 52.6 Å². The molecule has 0 spiro atoms. The number of benzene rings is 5. The molecule has 2 aliphatic heterocycles. The molecule has 0 bridgehead atoms. The Kier molecular flexibility index (Phi) is 5.44. The molecule has 6 heteroatoms. The van der Waals surface area contributed by atoms with Gasteiger partial charge in [0.15, 0.2) is 0 Å². The summed E-state index contributed by atoms with van der Waals surface area (Å²) in [7, 11) is -6.47. The summed E-state index contributed by atoms with van der Waals surface area (Å²) in [6.07, 6.45) is 0.494. The molecule has 2 atom stereocenters. The Morgan fingerprint density at radius 3 is 1.32 bits per heavy atom. The smallest absolute Gasteiger partial charge is 0.282 e. The summed E-state index contributed by atoms with van der Waals surface area (Å²) < 4.78 is 41.1. The van der Waals surface area contributed by atoms with Gasteiger partial charge in [0, 0.05) is 11.1 Å². The van der Waals surface area contributed by atoms with Gasteiger partial charge >= 0.3 is 0 Å². The van der Waals surface area contributed by atoms with Gasteiger partial charge in [-0.15, -0.1) is 0 Å². The number of hydrogen-bond donors (Lipinski definition) is 0. The molecule has 0 radical (unpaired) electrons. The lowest BCUT2D eigenvalue weighted by molar-refractivity contribution is 0.489. The Hall–Kier alpha value is -3.84. The molecule has 2 unspecified atom stereocenters. The number of para-hydroxylation sites is 2. The second kappa shape index (κ2) is 8.88. The lowest BCUT2D eigenvalue weighted by Gasteiger charge is -2.29. The third-order valence-corrected chi connectivity index (χ3v) is 12.0. The molecule has 0 saturated heterocycles. The van der Waals surface area contributed by atoms with Crippen LogP contribution in [0.4, 0.5) is 0 Å². The van der Waals surface area contributed by atoms with Crippen molar-refractivity contribution in [2.75, 3.05) is 0 Å². The number of fused-ring (bicyclic) bond motifs is 6. The number of hydrogen-bond acceptors (Lipinski definition) is 4. The highest BCUT2D eigenvalue weighted by atomic mass is 31.2. The summed E-state index contributed by atoms with van der Waals surface area (Å²) >= 11 is 0. The fraction of sp³-hybridized carbons (Fsp3) is 0.0625. The quantitative estimate of drug-likeness (QED) is 0.219. The predicted molar refractivity (Wildman–Crippen MR) is 153 cm³/mol. The zero-order chi connectivity index (χ0) is 25.7. The third-order valence-electron chi connectivity index (χ3n) is 7.16. The van der Waals surface area contributed by atoms with Gasteiger partial charge in [-0.25, -0.2) is 0 Å². The van der Waals surface area contributed by atoms with Gasteiger partial charge in [0.2, 0.25) is 0 Å². The van der Waals surface area contributed by atoms with Crippen molar-refractivity contribution in [1.29, 1.82) is 0 Å². The van der Waals surface area contributed by atoms with Crippen LogP contribution in [-0.4, -0.2) is 0 Å². The maximum Gasteiger partial charge on any atom is 0.282 e. The average Bonchev–Trinajstić information content (AvgIpc) is 2.93. The zero-order valence-electron chi connectivity index (χ0n) is 20.5. The fourth-order valence-corrected chi connectivity index (χ4v) is 10.2. The lowest BCUT2D eigenvalue weighted by Crippen LogP contribution is -2.19. The van der Waals surface area contributed by atoms with E-state index in [9.17, 15) is 9.13 Å². The molecule has 0 aliphatic carbocycles. The van der Waals surface area contributed by atoms with Gasteiger partial charge < -0.3 is 9.05 Å². The highest BCUT2D eigenvalue weighted by molar-refractivity contribution is 7.67. The van der Waals surface area contributed by atoms with Crippen molar-refractivity contribution in [2.24, 2.45) is 0 Å². The summed E-state index contributed by atoms with van der Waals surface area (Å²) in [6, 6.07) is 38.8. The molecular weight excluding hydrogens is 510 g/mol. The second-order valence-corrected chi connectivity index (χ2v) is 14.3. The normalized spacial score (nSPS) is 20.6. The first kappa shape index (κ1) is 23.3. The molecule has 0 amide bonds. The molecule has 4 nitrogen and oxygen atoms in total. The molecular formula is C32H24O4P2. The average molecular weight is 534 g/mol. The molecule has 7 rings (SSSR count). The molecule has 38 heavy (non-hydrogen) atoms. The Balaban J connectivity index is 1.23. The van der Waals surface area contributed by atoms with Gasteiger partial charge in [-0.2, -0.15) is 0 Å². The predicted octanol–water partition coefficient (Wildman–Crippen LogP) is 8.01. The van der Waals surface area contributed by atoms with Crippen molar-refractivity contribution in [1.82, 2.24) is 0 Å². The molecule has 0 N–H and O–H groups in total. The van der Waals surface area contributed by atoms with Gasteiger partial charge in [-0.1, -0.05) is 97.1 Å². The van der Waals surface area contributed by atoms with Crippen LogP contribution in [0.2, 0.25) is 0 Å². The highest BCUT2D eigenvalue weighted by Gasteiger charge is 2.38. The maximum absolute atomic E-state index is 14.4. The minimum atomic E-state index is -3.23. The molecule has 186 valence electrons. The van der Waals surface area contributed by atoms with Crippen LogP contribution in [0.25, 0.3) is 22.3 Å². The lowest BCUT2D eigenvalue weighted by atomic mass is 10.0. The van der Waals surface area contributed by atoms with Crippen LogP contribution in [-0.2, 0) is 21.5 Å². The Morgan fingerprint density at radius 2 is 0.842 bits per heavy atom. The molecule has 5 aromatic carbocycles. The van der Waals surface area contributed by atoms with Crippen LogP contribution in [0.3, 0.4) is 0 Å². The van der Waals surface area contributed by atoms with E-state index in [0.717, 1.165) is 44.0 Å². The second-order valence-electron chi connectivity index (χ2n) is 9.69. The Morgan fingerprint density at radius 1 is 0.447 bits per heavy atom. The highest BCUT2D eigenvalue weighted by Crippen LogP contribution is 2.58. The van der Waals surface area contributed by atoms with Crippen molar-refractivity contribution in [3.63, 3.8) is 0 Å². The van der Waals surface area contributed by atoms with E-state index < -0.39 is 14.7 Å². The van der Waals surface area contributed by atoms with Gasteiger partial charge in [0.1, 0.15) is 11.5 Å². The third kappa shape index (κ3) is 3.84. The van der Waals surface area contributed by atoms with E-state index in [1.54, 1.807) is 0 Å². The first-order valence-corrected chi connectivity index (χ1v) is 16.2. The minimum absolute atomic E-state index is 0.247. The number of rotatable bonds is 4. The first-order valence-electron chi connectivity index (χ1n) is 12.6. The molecule has 2 heterocycles. The van der Waals surface area contributed by atoms with E-state index in [4.69, 9.17) is 9.05 Å². The summed E-state index contributed by atoms with van der Waals surface area (Å²) in [5.74, 6) is 1.28. The molecule has 0 fully saturated rings. The summed E-state index contributed by atoms with van der Waals surface area (Å²) in [5.41, 5.74) is 5.55. The van der Waals surface area contributed by atoms with Crippen LogP contribution >= 0.6 is 14.7 Å². The monoisotopic (exact) mass is 534 g/mol. The summed E-state index contributed by atoms with van der Waals surface area (Å²) in [4.78, 5) is 0. The van der Waals surface area contributed by atoms with Crippen molar-refractivity contribution >= 4 is 25.3 Å². The van der Waals surface area contributed by atoms with E-state index in [1.165, 1.54) is 0 Å². The van der Waals surface area contributed by atoms with Crippen molar-refractivity contribution in [3.05, 3.63) is 132 Å². The van der Waals surface area contributed by atoms with E-state index in [2.05, 4.69) is 0 Å². The van der Waals surface area contributed by atoms with Crippen LogP contribution < -0.4 is 19.7 Å². The van der Waals surface area contributed by atoms with Crippen molar-refractivity contribution in [3.8, 4) is 33.8 Å². The Bertz CT molecular complexity index is 1680. The Labute approximate surface area is 221 Å². The van der Waals surface area contributed by atoms with E-state index >= 15 is 0 Å². The van der Waals surface area contributed by atoms with Gasteiger partial charge in [0.05, 0.1) is 22.9 Å². The van der Waals surface area contributed by atoms with E-state index in [1.807, 2.05) is 121 Å². The van der Waals surface area contributed by atoms with Crippen molar-refractivity contribution in [2.45, 2.75) is 12.3 Å². The van der Waals surface area contributed by atoms with Gasteiger partial charge in [-0.3, -0.25) is 9.13 Å². The molecule has 0 saturated carbocycles. The van der Waals surface area contributed by atoms with Crippen LogP contribution in [0.5, 0.6) is 11.5 Å². The maximum atomic E-state index is 14.4. The van der Waals surface area contributed by atoms with Gasteiger partial charge in [-0.05, 0) is 46.5 Å². The minimum Gasteiger partial charge on any atom is -0.439 e. The van der Waals surface area contributed by atoms with Crippen molar-refractivity contribution < 1.29 is 18.2 Å². The first-order chi connectivity index (χ1) is 18.5. The van der Waals surface area contributed by atoms with E-state index in [-0.39, 0.29) is 12.3 Å². The summed E-state index contributed by atoms with van der Waals surface area (Å²) in [6.45, 7) is 0. The van der Waals surface area contributed by atoms with Gasteiger partial charge in [0.25, 0.3) is 14.7 Å². The molecule has 0 aromatic heterocycles. The molecule has 2 aliphatic rings. The fourth-order valence-electron chi connectivity index (χ4n) is 5.49. The van der Waals surface area contributed by atoms with Crippen LogP contribution in [0.15, 0.2) is 121 Å². The SMILES string of the molecule is O=P1(Cc2cccc(CP3(=O)Oc4ccccc4-c4ccccc43)c2)Oc2ccccc2-c2ccccc21. The van der Waals surface area contributed by atoms with E-state index in [0.29, 0.717) is 11.5 Å². The standard InChI is InChI=1S/C32H24O4P2/c33-37(31-18-7-3-14-27(31)25-12-1-5-16-29(25)35-37)21-23-10-9-11-24(20-23)22-38(34)32-19-8-4-15-28(32)26-13-2-6-17-30(26)36-38/h1-20H,21-22H2. The van der Waals surface area contributed by atoms with Crippen LogP contribution in [0.1, 0.15) is 11.1 Å².